The second kappa shape index (κ2) is 6.99. The standard InChI is InChI=1S/C14H28N2O3/c1-3-15-9-14(4-5-18-11-14)10-16-6-12(2)19-13(7-16)8-17/h12-13,15,17H,3-11H2,1-2H3. The Hall–Kier alpha value is -0.200. The lowest BCUT2D eigenvalue weighted by Gasteiger charge is -2.41. The fraction of sp³-hybridized carbons (Fsp3) is 1.00. The first kappa shape index (κ1) is 15.2. The van der Waals surface area contributed by atoms with E-state index in [-0.39, 0.29) is 24.2 Å². The van der Waals surface area contributed by atoms with Crippen LogP contribution >= 0.6 is 0 Å². The predicted octanol–water partition coefficient (Wildman–Crippen LogP) is 0.0842. The van der Waals surface area contributed by atoms with Gasteiger partial charge in [0.25, 0.3) is 0 Å². The van der Waals surface area contributed by atoms with Gasteiger partial charge < -0.3 is 19.9 Å². The molecule has 5 heteroatoms. The maximum atomic E-state index is 9.30. The Labute approximate surface area is 116 Å². The Balaban J connectivity index is 1.92. The number of rotatable bonds is 6. The zero-order chi connectivity index (χ0) is 13.7. The molecule has 2 saturated heterocycles. The smallest absolute Gasteiger partial charge is 0.0936 e. The van der Waals surface area contributed by atoms with Gasteiger partial charge in [-0.15, -0.1) is 0 Å². The molecule has 19 heavy (non-hydrogen) atoms. The monoisotopic (exact) mass is 272 g/mol. The van der Waals surface area contributed by atoms with Crippen molar-refractivity contribution in [3.05, 3.63) is 0 Å². The van der Waals surface area contributed by atoms with Gasteiger partial charge >= 0.3 is 0 Å². The highest BCUT2D eigenvalue weighted by Gasteiger charge is 2.38. The molecule has 0 aromatic heterocycles. The first-order valence-electron chi connectivity index (χ1n) is 7.44. The third-order valence-corrected chi connectivity index (χ3v) is 4.10. The van der Waals surface area contributed by atoms with E-state index in [0.29, 0.717) is 0 Å². The Morgan fingerprint density at radius 1 is 1.42 bits per heavy atom. The van der Waals surface area contributed by atoms with Crippen molar-refractivity contribution in [3.63, 3.8) is 0 Å². The quantitative estimate of drug-likeness (QED) is 0.717. The SMILES string of the molecule is CCNCC1(CN2CC(C)OC(CO)C2)CCOC1. The third-order valence-electron chi connectivity index (χ3n) is 4.10. The number of nitrogens with one attached hydrogen (secondary N) is 1. The van der Waals surface area contributed by atoms with Crippen molar-refractivity contribution in [1.82, 2.24) is 10.2 Å². The van der Waals surface area contributed by atoms with E-state index < -0.39 is 0 Å². The molecule has 5 nitrogen and oxygen atoms in total. The highest BCUT2D eigenvalue weighted by Crippen LogP contribution is 2.30. The predicted molar refractivity (Wildman–Crippen MR) is 74.3 cm³/mol. The molecule has 0 aromatic rings. The molecule has 112 valence electrons. The summed E-state index contributed by atoms with van der Waals surface area (Å²) in [7, 11) is 0. The number of hydrogen-bond donors (Lipinski definition) is 2. The summed E-state index contributed by atoms with van der Waals surface area (Å²) >= 11 is 0. The number of aliphatic hydroxyl groups excluding tert-OH is 1. The highest BCUT2D eigenvalue weighted by molar-refractivity contribution is 4.90. The van der Waals surface area contributed by atoms with Crippen molar-refractivity contribution in [3.8, 4) is 0 Å². The van der Waals surface area contributed by atoms with E-state index in [4.69, 9.17) is 9.47 Å². The maximum Gasteiger partial charge on any atom is 0.0936 e. The van der Waals surface area contributed by atoms with Gasteiger partial charge in [-0.25, -0.2) is 0 Å². The van der Waals surface area contributed by atoms with Gasteiger partial charge in [0.15, 0.2) is 0 Å². The fourth-order valence-corrected chi connectivity index (χ4v) is 3.20. The van der Waals surface area contributed by atoms with Gasteiger partial charge in [-0.1, -0.05) is 6.92 Å². The van der Waals surface area contributed by atoms with Crippen LogP contribution in [0.15, 0.2) is 0 Å². The third kappa shape index (κ3) is 4.13. The van der Waals surface area contributed by atoms with E-state index in [1.165, 1.54) is 0 Å². The summed E-state index contributed by atoms with van der Waals surface area (Å²) in [5.74, 6) is 0. The molecule has 0 saturated carbocycles. The largest absolute Gasteiger partial charge is 0.394 e. The topological polar surface area (TPSA) is 54.0 Å². The molecule has 0 aromatic carbocycles. The van der Waals surface area contributed by atoms with Crippen LogP contribution in [0.4, 0.5) is 0 Å². The molecule has 2 N–H and O–H groups in total. The zero-order valence-corrected chi connectivity index (χ0v) is 12.2. The van der Waals surface area contributed by atoms with Crippen LogP contribution in [0.25, 0.3) is 0 Å². The molecule has 0 amide bonds. The molecule has 0 aliphatic carbocycles. The van der Waals surface area contributed by atoms with Gasteiger partial charge in [0.1, 0.15) is 0 Å². The Kier molecular flexibility index (Phi) is 5.59. The number of ether oxygens (including phenoxy) is 2. The molecule has 0 spiro atoms. The number of nitrogens with zero attached hydrogens (tertiary/aromatic N) is 1. The Morgan fingerprint density at radius 3 is 2.89 bits per heavy atom. The van der Waals surface area contributed by atoms with Crippen LogP contribution in [-0.4, -0.2) is 74.8 Å². The minimum absolute atomic E-state index is 0.0396. The normalized spacial score (nSPS) is 36.8. The van der Waals surface area contributed by atoms with Crippen LogP contribution in [0.5, 0.6) is 0 Å². The van der Waals surface area contributed by atoms with Gasteiger partial charge in [0.05, 0.1) is 25.4 Å². The van der Waals surface area contributed by atoms with E-state index >= 15 is 0 Å². The summed E-state index contributed by atoms with van der Waals surface area (Å²) < 4.78 is 11.3. The van der Waals surface area contributed by atoms with E-state index in [1.54, 1.807) is 0 Å². The van der Waals surface area contributed by atoms with Crippen LogP contribution in [-0.2, 0) is 9.47 Å². The Bertz CT molecular complexity index is 269. The molecule has 2 heterocycles. The van der Waals surface area contributed by atoms with Gasteiger partial charge in [-0.3, -0.25) is 4.90 Å². The van der Waals surface area contributed by atoms with Gasteiger partial charge in [0, 0.05) is 38.2 Å². The molecule has 2 rings (SSSR count). The summed E-state index contributed by atoms with van der Waals surface area (Å²) in [4.78, 5) is 2.43. The van der Waals surface area contributed by atoms with Gasteiger partial charge in [0.2, 0.25) is 0 Å². The summed E-state index contributed by atoms with van der Waals surface area (Å²) in [5, 5.41) is 12.8. The summed E-state index contributed by atoms with van der Waals surface area (Å²) in [6.45, 7) is 10.9. The van der Waals surface area contributed by atoms with Gasteiger partial charge in [-0.05, 0) is 19.9 Å². The lowest BCUT2D eigenvalue weighted by atomic mass is 9.86. The van der Waals surface area contributed by atoms with Crippen molar-refractivity contribution in [2.45, 2.75) is 32.5 Å². The average Bonchev–Trinajstić information content (AvgIpc) is 2.84. The minimum Gasteiger partial charge on any atom is -0.394 e. The van der Waals surface area contributed by atoms with Crippen LogP contribution in [0, 0.1) is 5.41 Å². The zero-order valence-electron chi connectivity index (χ0n) is 12.2. The number of hydrogen-bond acceptors (Lipinski definition) is 5. The average molecular weight is 272 g/mol. The van der Waals surface area contributed by atoms with Crippen LogP contribution < -0.4 is 5.32 Å². The second-order valence-electron chi connectivity index (χ2n) is 6.03. The molecule has 0 radical (unpaired) electrons. The molecular weight excluding hydrogens is 244 g/mol. The molecule has 0 bridgehead atoms. The lowest BCUT2D eigenvalue weighted by Crippen LogP contribution is -2.53. The van der Waals surface area contributed by atoms with Crippen molar-refractivity contribution in [2.75, 3.05) is 52.5 Å². The maximum absolute atomic E-state index is 9.30. The minimum atomic E-state index is -0.0396. The van der Waals surface area contributed by atoms with E-state index in [9.17, 15) is 5.11 Å². The van der Waals surface area contributed by atoms with Crippen LogP contribution in [0.1, 0.15) is 20.3 Å². The molecule has 3 atom stereocenters. The highest BCUT2D eigenvalue weighted by atomic mass is 16.5. The van der Waals surface area contributed by atoms with Gasteiger partial charge in [-0.2, -0.15) is 0 Å². The second-order valence-corrected chi connectivity index (χ2v) is 6.03. The molecule has 2 aliphatic rings. The summed E-state index contributed by atoms with van der Waals surface area (Å²) in [6, 6.07) is 0. The fourth-order valence-electron chi connectivity index (χ4n) is 3.20. The molecule has 2 fully saturated rings. The Morgan fingerprint density at radius 2 is 2.26 bits per heavy atom. The molecule has 3 unspecified atom stereocenters. The van der Waals surface area contributed by atoms with Crippen LogP contribution in [0.3, 0.4) is 0 Å². The van der Waals surface area contributed by atoms with E-state index in [1.807, 2.05) is 0 Å². The first-order chi connectivity index (χ1) is 9.17. The van der Waals surface area contributed by atoms with Crippen molar-refractivity contribution < 1.29 is 14.6 Å². The van der Waals surface area contributed by atoms with Crippen molar-refractivity contribution in [1.29, 1.82) is 0 Å². The summed E-state index contributed by atoms with van der Waals surface area (Å²) in [6.07, 6.45) is 1.28. The van der Waals surface area contributed by atoms with E-state index in [2.05, 4.69) is 24.1 Å². The van der Waals surface area contributed by atoms with Crippen molar-refractivity contribution >= 4 is 0 Å². The molecule has 2 aliphatic heterocycles. The van der Waals surface area contributed by atoms with Crippen LogP contribution in [0.2, 0.25) is 0 Å². The lowest BCUT2D eigenvalue weighted by molar-refractivity contribution is -0.103. The number of aliphatic hydroxyl groups is 1. The van der Waals surface area contributed by atoms with E-state index in [0.717, 1.165) is 52.4 Å². The summed E-state index contributed by atoms with van der Waals surface area (Å²) in [5.41, 5.74) is 0.229. The first-order valence-corrected chi connectivity index (χ1v) is 7.44. The van der Waals surface area contributed by atoms with Crippen molar-refractivity contribution in [2.24, 2.45) is 5.41 Å². The molecular formula is C14H28N2O3. The number of morpholine rings is 1.